The highest BCUT2D eigenvalue weighted by Gasteiger charge is 2.27. The molecule has 0 aromatic carbocycles. The Hall–Kier alpha value is -1.90. The average Bonchev–Trinajstić information content (AvgIpc) is 3.07. The highest BCUT2D eigenvalue weighted by Crippen LogP contribution is 2.36. The Balaban J connectivity index is 0.00000243. The van der Waals surface area contributed by atoms with Crippen LogP contribution in [0.2, 0.25) is 0 Å². The molecule has 26 heavy (non-hydrogen) atoms. The Labute approximate surface area is 163 Å². The van der Waals surface area contributed by atoms with E-state index in [1.54, 1.807) is 10.7 Å². The van der Waals surface area contributed by atoms with Gasteiger partial charge in [-0.3, -0.25) is 14.3 Å². The summed E-state index contributed by atoms with van der Waals surface area (Å²) in [5, 5.41) is 7.79. The second kappa shape index (κ2) is 7.77. The lowest BCUT2D eigenvalue weighted by Crippen LogP contribution is -2.27. The summed E-state index contributed by atoms with van der Waals surface area (Å²) < 4.78 is 1.69. The molecule has 1 aliphatic heterocycles. The number of thiophene rings is 1. The van der Waals surface area contributed by atoms with Gasteiger partial charge in [-0.15, -0.1) is 23.7 Å². The van der Waals surface area contributed by atoms with E-state index < -0.39 is 5.91 Å². The minimum atomic E-state index is -0.495. The fourth-order valence-corrected chi connectivity index (χ4v) is 4.46. The molecule has 2 amide bonds. The van der Waals surface area contributed by atoms with Crippen LogP contribution >= 0.6 is 23.7 Å². The standard InChI is InChI=1S/C17H23N5O2S.ClH/c1-9(2)22-12(7-10(3)20-22)16(24)19-17-14(15(18)23)11-5-6-21(4)8-13(11)25-17;/h7,9H,5-6,8H2,1-4H3,(H2,18,23)(H,19,24);1H. The van der Waals surface area contributed by atoms with Crippen LogP contribution in [0.1, 0.15) is 56.9 Å². The first-order valence-electron chi connectivity index (χ1n) is 8.28. The van der Waals surface area contributed by atoms with Crippen LogP contribution in [0.4, 0.5) is 5.00 Å². The van der Waals surface area contributed by atoms with Crippen molar-refractivity contribution in [2.45, 2.75) is 39.8 Å². The molecule has 1 aliphatic rings. The Kier molecular flexibility index (Phi) is 6.10. The Morgan fingerprint density at radius 1 is 1.38 bits per heavy atom. The van der Waals surface area contributed by atoms with E-state index in [-0.39, 0.29) is 24.4 Å². The molecule has 9 heteroatoms. The normalized spacial score (nSPS) is 14.0. The van der Waals surface area contributed by atoms with E-state index in [1.807, 2.05) is 27.8 Å². The first kappa shape index (κ1) is 20.4. The number of halogens is 1. The summed E-state index contributed by atoms with van der Waals surface area (Å²) in [6.07, 6.45) is 0.763. The summed E-state index contributed by atoms with van der Waals surface area (Å²) in [6, 6.07) is 1.82. The SMILES string of the molecule is Cc1cc(C(=O)Nc2sc3c(c2C(N)=O)CCN(C)C3)n(C(C)C)n1.Cl. The van der Waals surface area contributed by atoms with Crippen molar-refractivity contribution in [1.82, 2.24) is 14.7 Å². The molecule has 0 radical (unpaired) electrons. The van der Waals surface area contributed by atoms with Crippen molar-refractivity contribution in [2.24, 2.45) is 5.73 Å². The van der Waals surface area contributed by atoms with Gasteiger partial charge < -0.3 is 16.0 Å². The topological polar surface area (TPSA) is 93.2 Å². The largest absolute Gasteiger partial charge is 0.365 e. The van der Waals surface area contributed by atoms with Crippen molar-refractivity contribution in [2.75, 3.05) is 18.9 Å². The van der Waals surface area contributed by atoms with E-state index in [2.05, 4.69) is 15.3 Å². The predicted molar refractivity (Wildman–Crippen MR) is 105 cm³/mol. The van der Waals surface area contributed by atoms with Gasteiger partial charge >= 0.3 is 0 Å². The van der Waals surface area contributed by atoms with Gasteiger partial charge in [0.05, 0.1) is 11.3 Å². The zero-order valence-corrected chi connectivity index (χ0v) is 17.0. The van der Waals surface area contributed by atoms with Crippen LogP contribution in [0.25, 0.3) is 0 Å². The number of carbonyl (C=O) groups excluding carboxylic acids is 2. The number of anilines is 1. The van der Waals surface area contributed by atoms with Gasteiger partial charge in [0.25, 0.3) is 11.8 Å². The number of carbonyl (C=O) groups is 2. The average molecular weight is 398 g/mol. The zero-order valence-electron chi connectivity index (χ0n) is 15.3. The number of nitrogens with two attached hydrogens (primary N) is 1. The minimum Gasteiger partial charge on any atom is -0.365 e. The zero-order chi connectivity index (χ0) is 18.3. The molecule has 142 valence electrons. The number of rotatable bonds is 4. The van der Waals surface area contributed by atoms with Gasteiger partial charge in [0.2, 0.25) is 0 Å². The van der Waals surface area contributed by atoms with Crippen LogP contribution in [0.15, 0.2) is 6.07 Å². The fraction of sp³-hybridized carbons (Fsp3) is 0.471. The summed E-state index contributed by atoms with van der Waals surface area (Å²) >= 11 is 1.43. The smallest absolute Gasteiger partial charge is 0.274 e. The first-order chi connectivity index (χ1) is 11.8. The van der Waals surface area contributed by atoms with Gasteiger partial charge in [0.1, 0.15) is 10.7 Å². The number of nitrogens with zero attached hydrogens (tertiary/aromatic N) is 3. The number of hydrogen-bond acceptors (Lipinski definition) is 5. The van der Waals surface area contributed by atoms with E-state index in [0.29, 0.717) is 16.3 Å². The van der Waals surface area contributed by atoms with E-state index in [0.717, 1.165) is 35.6 Å². The van der Waals surface area contributed by atoms with Crippen molar-refractivity contribution in [3.63, 3.8) is 0 Å². The van der Waals surface area contributed by atoms with Gasteiger partial charge in [-0.2, -0.15) is 5.10 Å². The monoisotopic (exact) mass is 397 g/mol. The van der Waals surface area contributed by atoms with Crippen LogP contribution in [0, 0.1) is 6.92 Å². The molecule has 0 saturated heterocycles. The van der Waals surface area contributed by atoms with Crippen molar-refractivity contribution >= 4 is 40.6 Å². The predicted octanol–water partition coefficient (Wildman–Crippen LogP) is 2.59. The van der Waals surface area contributed by atoms with E-state index in [9.17, 15) is 9.59 Å². The Morgan fingerprint density at radius 2 is 2.08 bits per heavy atom. The molecule has 7 nitrogen and oxygen atoms in total. The molecule has 2 aromatic rings. The van der Waals surface area contributed by atoms with Crippen LogP contribution in [0.3, 0.4) is 0 Å². The van der Waals surface area contributed by atoms with Crippen molar-refractivity contribution in [3.05, 3.63) is 33.5 Å². The van der Waals surface area contributed by atoms with Crippen molar-refractivity contribution in [3.8, 4) is 0 Å². The van der Waals surface area contributed by atoms with Crippen LogP contribution in [-0.2, 0) is 13.0 Å². The molecule has 3 N–H and O–H groups in total. The van der Waals surface area contributed by atoms with Crippen LogP contribution in [0.5, 0.6) is 0 Å². The summed E-state index contributed by atoms with van der Waals surface area (Å²) in [5.41, 5.74) is 8.28. The number of nitrogens with one attached hydrogen (secondary N) is 1. The number of amides is 2. The summed E-state index contributed by atoms with van der Waals surface area (Å²) in [6.45, 7) is 7.43. The third-order valence-corrected chi connectivity index (χ3v) is 5.43. The third kappa shape index (κ3) is 3.77. The number of primary amides is 1. The quantitative estimate of drug-likeness (QED) is 0.829. The lowest BCUT2D eigenvalue weighted by Gasteiger charge is -2.22. The van der Waals surface area contributed by atoms with E-state index >= 15 is 0 Å². The first-order valence-corrected chi connectivity index (χ1v) is 9.10. The Morgan fingerprint density at radius 3 is 2.69 bits per heavy atom. The molecule has 0 bridgehead atoms. The second-order valence-corrected chi connectivity index (χ2v) is 7.83. The number of fused-ring (bicyclic) bond motifs is 1. The van der Waals surface area contributed by atoms with Crippen molar-refractivity contribution < 1.29 is 9.59 Å². The van der Waals surface area contributed by atoms with E-state index in [4.69, 9.17) is 5.73 Å². The van der Waals surface area contributed by atoms with Gasteiger partial charge in [0, 0.05) is 24.0 Å². The maximum absolute atomic E-state index is 12.8. The number of aromatic nitrogens is 2. The van der Waals surface area contributed by atoms with E-state index in [1.165, 1.54) is 11.3 Å². The summed E-state index contributed by atoms with van der Waals surface area (Å²) in [4.78, 5) is 28.0. The molecule has 2 aromatic heterocycles. The molecular weight excluding hydrogens is 374 g/mol. The molecule has 0 spiro atoms. The van der Waals surface area contributed by atoms with Crippen molar-refractivity contribution in [1.29, 1.82) is 0 Å². The van der Waals surface area contributed by atoms with Gasteiger partial charge in [-0.05, 0) is 45.9 Å². The van der Waals surface area contributed by atoms with Crippen LogP contribution < -0.4 is 11.1 Å². The lowest BCUT2D eigenvalue weighted by molar-refractivity contribution is 0.1000. The molecule has 0 fully saturated rings. The molecule has 0 atom stereocenters. The molecule has 3 heterocycles. The highest BCUT2D eigenvalue weighted by molar-refractivity contribution is 7.17. The third-order valence-electron chi connectivity index (χ3n) is 4.30. The maximum atomic E-state index is 12.8. The van der Waals surface area contributed by atoms with Gasteiger partial charge in [0.15, 0.2) is 0 Å². The number of hydrogen-bond donors (Lipinski definition) is 2. The van der Waals surface area contributed by atoms with Gasteiger partial charge in [-0.1, -0.05) is 0 Å². The summed E-state index contributed by atoms with van der Waals surface area (Å²) in [7, 11) is 2.04. The molecule has 0 saturated carbocycles. The number of aryl methyl sites for hydroxylation is 1. The molecule has 0 unspecified atom stereocenters. The number of likely N-dealkylation sites (N-methyl/N-ethyl adjacent to an activating group) is 1. The minimum absolute atomic E-state index is 0. The molecule has 0 aliphatic carbocycles. The highest BCUT2D eigenvalue weighted by atomic mass is 35.5. The van der Waals surface area contributed by atoms with Crippen LogP contribution in [-0.4, -0.2) is 40.1 Å². The second-order valence-electron chi connectivity index (χ2n) is 6.72. The van der Waals surface area contributed by atoms with Gasteiger partial charge in [-0.25, -0.2) is 0 Å². The lowest BCUT2D eigenvalue weighted by atomic mass is 10.0. The molecule has 3 rings (SSSR count). The maximum Gasteiger partial charge on any atom is 0.274 e. The Bertz CT molecular complexity index is 843. The molecular formula is C17H24ClN5O2S. The summed E-state index contributed by atoms with van der Waals surface area (Å²) in [5.74, 6) is -0.769. The fourth-order valence-electron chi connectivity index (χ4n) is 3.13.